The van der Waals surface area contributed by atoms with Gasteiger partial charge in [0.25, 0.3) is 0 Å². The first-order chi connectivity index (χ1) is 13.4. The first-order valence-electron chi connectivity index (χ1n) is 8.18. The molecule has 6 nitrogen and oxygen atoms in total. The van der Waals surface area contributed by atoms with Crippen LogP contribution in [0.5, 0.6) is 11.5 Å². The minimum atomic E-state index is -0.675. The van der Waals surface area contributed by atoms with Gasteiger partial charge in [-0.1, -0.05) is 11.3 Å². The molecule has 0 bridgehead atoms. The summed E-state index contributed by atoms with van der Waals surface area (Å²) in [4.78, 5) is 25.2. The minimum absolute atomic E-state index is 0.148. The molecule has 0 atom stereocenters. The molecule has 0 aliphatic carbocycles. The maximum absolute atomic E-state index is 13.2. The lowest BCUT2D eigenvalue weighted by Gasteiger charge is -2.11. The van der Waals surface area contributed by atoms with Crippen molar-refractivity contribution in [3.63, 3.8) is 0 Å². The molecule has 28 heavy (non-hydrogen) atoms. The van der Waals surface area contributed by atoms with E-state index in [0.717, 1.165) is 11.3 Å². The molecule has 8 heteroatoms. The summed E-state index contributed by atoms with van der Waals surface area (Å²) < 4.78 is 25.0. The Bertz CT molecular complexity index is 1130. The van der Waals surface area contributed by atoms with Crippen LogP contribution in [-0.4, -0.2) is 17.6 Å². The van der Waals surface area contributed by atoms with Crippen LogP contribution in [0.25, 0.3) is 11.3 Å². The van der Waals surface area contributed by atoms with Gasteiger partial charge in [0.05, 0.1) is 24.4 Å². The maximum Gasteiger partial charge on any atom is 0.331 e. The number of nitrogens with zero attached hydrogens (tertiary/aromatic N) is 2. The highest BCUT2D eigenvalue weighted by atomic mass is 32.1. The molecule has 0 saturated heterocycles. The molecule has 0 spiro atoms. The van der Waals surface area contributed by atoms with Crippen LogP contribution >= 0.6 is 11.3 Å². The van der Waals surface area contributed by atoms with E-state index >= 15 is 0 Å². The van der Waals surface area contributed by atoms with Gasteiger partial charge < -0.3 is 9.47 Å². The second kappa shape index (κ2) is 8.06. The summed E-state index contributed by atoms with van der Waals surface area (Å²) in [7, 11) is 1.40. The van der Waals surface area contributed by atoms with Crippen LogP contribution in [0.15, 0.2) is 47.3 Å². The first-order valence-corrected chi connectivity index (χ1v) is 8.99. The lowest BCUT2D eigenvalue weighted by molar-refractivity contribution is -0.135. The van der Waals surface area contributed by atoms with Gasteiger partial charge in [0, 0.05) is 10.9 Å². The van der Waals surface area contributed by atoms with Gasteiger partial charge in [-0.25, -0.2) is 9.18 Å². The zero-order valence-electron chi connectivity index (χ0n) is 15.1. The summed E-state index contributed by atoms with van der Waals surface area (Å²) in [6, 6.07) is 12.1. The van der Waals surface area contributed by atoms with Gasteiger partial charge in [-0.2, -0.15) is 5.26 Å². The van der Waals surface area contributed by atoms with Crippen LogP contribution in [0.4, 0.5) is 4.39 Å². The Labute approximate surface area is 164 Å². The SMILES string of the molecule is COc1cc(C#N)ccc1OC(=O)Cn1c(-c2ccc(F)cc2)c(C)sc1=O. The van der Waals surface area contributed by atoms with Crippen molar-refractivity contribution in [3.8, 4) is 28.8 Å². The van der Waals surface area contributed by atoms with Gasteiger partial charge in [0.1, 0.15) is 12.4 Å². The number of ether oxygens (including phenoxy) is 2. The minimum Gasteiger partial charge on any atom is -0.493 e. The number of aryl methyl sites for hydroxylation is 1. The molecular formula is C20H15FN2O4S. The summed E-state index contributed by atoms with van der Waals surface area (Å²) in [5, 5.41) is 8.94. The second-order valence-corrected chi connectivity index (χ2v) is 6.98. The molecule has 0 N–H and O–H groups in total. The van der Waals surface area contributed by atoms with Crippen molar-refractivity contribution < 1.29 is 18.7 Å². The first kappa shape index (κ1) is 19.3. The van der Waals surface area contributed by atoms with E-state index in [9.17, 15) is 14.0 Å². The summed E-state index contributed by atoms with van der Waals surface area (Å²) in [5.41, 5.74) is 1.53. The number of nitriles is 1. The van der Waals surface area contributed by atoms with Crippen molar-refractivity contribution in [2.75, 3.05) is 7.11 Å². The number of hydrogen-bond acceptors (Lipinski definition) is 6. The third-order valence-corrected chi connectivity index (χ3v) is 4.88. The molecule has 3 aromatic rings. The fourth-order valence-electron chi connectivity index (χ4n) is 2.73. The van der Waals surface area contributed by atoms with E-state index in [4.69, 9.17) is 14.7 Å². The molecule has 2 aromatic carbocycles. The van der Waals surface area contributed by atoms with Crippen molar-refractivity contribution >= 4 is 17.3 Å². The number of methoxy groups -OCH3 is 1. The van der Waals surface area contributed by atoms with E-state index in [0.29, 0.717) is 21.7 Å². The Kier molecular flexibility index (Phi) is 5.57. The normalized spacial score (nSPS) is 10.4. The second-order valence-electron chi connectivity index (χ2n) is 5.82. The third kappa shape index (κ3) is 3.94. The molecule has 0 radical (unpaired) electrons. The molecule has 0 saturated carbocycles. The highest BCUT2D eigenvalue weighted by molar-refractivity contribution is 7.09. The van der Waals surface area contributed by atoms with E-state index in [2.05, 4.69) is 0 Å². The quantitative estimate of drug-likeness (QED) is 0.485. The number of hydrogen-bond donors (Lipinski definition) is 0. The van der Waals surface area contributed by atoms with Crippen molar-refractivity contribution in [1.82, 2.24) is 4.57 Å². The number of esters is 1. The summed E-state index contributed by atoms with van der Waals surface area (Å²) in [6.07, 6.45) is 0. The van der Waals surface area contributed by atoms with Gasteiger partial charge in [0.2, 0.25) is 0 Å². The summed E-state index contributed by atoms with van der Waals surface area (Å²) in [5.74, 6) is -0.682. The maximum atomic E-state index is 13.2. The predicted octanol–water partition coefficient (Wildman–Crippen LogP) is 3.51. The molecule has 0 aliphatic rings. The van der Waals surface area contributed by atoms with Crippen molar-refractivity contribution in [3.05, 3.63) is 68.4 Å². The number of rotatable bonds is 5. The van der Waals surface area contributed by atoms with Gasteiger partial charge in [0.15, 0.2) is 11.5 Å². The van der Waals surface area contributed by atoms with E-state index in [1.165, 1.54) is 42.0 Å². The molecule has 0 unspecified atom stereocenters. The smallest absolute Gasteiger partial charge is 0.331 e. The Morgan fingerprint density at radius 3 is 2.57 bits per heavy atom. The van der Waals surface area contributed by atoms with Gasteiger partial charge >= 0.3 is 10.8 Å². The predicted molar refractivity (Wildman–Crippen MR) is 102 cm³/mol. The van der Waals surface area contributed by atoms with Gasteiger partial charge in [-0.05, 0) is 48.9 Å². The van der Waals surface area contributed by atoms with Crippen molar-refractivity contribution in [2.24, 2.45) is 0 Å². The average molecular weight is 398 g/mol. The zero-order chi connectivity index (χ0) is 20.3. The number of aromatic nitrogens is 1. The Morgan fingerprint density at radius 2 is 1.93 bits per heavy atom. The van der Waals surface area contributed by atoms with Crippen LogP contribution in [0.2, 0.25) is 0 Å². The van der Waals surface area contributed by atoms with Crippen LogP contribution in [-0.2, 0) is 11.3 Å². The highest BCUT2D eigenvalue weighted by Crippen LogP contribution is 2.29. The summed E-state index contributed by atoms with van der Waals surface area (Å²) >= 11 is 1.00. The van der Waals surface area contributed by atoms with Crippen LogP contribution in [0.1, 0.15) is 10.4 Å². The molecule has 1 aromatic heterocycles. The van der Waals surface area contributed by atoms with Crippen LogP contribution < -0.4 is 14.3 Å². The van der Waals surface area contributed by atoms with Gasteiger partial charge in [-0.3, -0.25) is 9.36 Å². The molecule has 0 amide bonds. The fraction of sp³-hybridized carbons (Fsp3) is 0.150. The molecule has 0 fully saturated rings. The molecule has 0 aliphatic heterocycles. The van der Waals surface area contributed by atoms with E-state index in [-0.39, 0.29) is 22.9 Å². The lowest BCUT2D eigenvalue weighted by Crippen LogP contribution is -2.23. The highest BCUT2D eigenvalue weighted by Gasteiger charge is 2.18. The zero-order valence-corrected chi connectivity index (χ0v) is 15.9. The average Bonchev–Trinajstić information content (AvgIpc) is 2.96. The van der Waals surface area contributed by atoms with E-state index < -0.39 is 11.8 Å². The fourth-order valence-corrected chi connectivity index (χ4v) is 3.58. The topological polar surface area (TPSA) is 81.3 Å². The molecular weight excluding hydrogens is 383 g/mol. The van der Waals surface area contributed by atoms with E-state index in [1.54, 1.807) is 19.1 Å². The molecule has 142 valence electrons. The third-order valence-electron chi connectivity index (χ3n) is 3.99. The monoisotopic (exact) mass is 398 g/mol. The Morgan fingerprint density at radius 1 is 1.21 bits per heavy atom. The van der Waals surface area contributed by atoms with Crippen LogP contribution in [0.3, 0.4) is 0 Å². The van der Waals surface area contributed by atoms with Crippen molar-refractivity contribution in [2.45, 2.75) is 13.5 Å². The van der Waals surface area contributed by atoms with Gasteiger partial charge in [-0.15, -0.1) is 0 Å². The van der Waals surface area contributed by atoms with Crippen molar-refractivity contribution in [1.29, 1.82) is 5.26 Å². The number of carbonyl (C=O) groups excluding carboxylic acids is 1. The summed E-state index contributed by atoms with van der Waals surface area (Å²) in [6.45, 7) is 1.44. The number of thiazole rings is 1. The number of carbonyl (C=O) groups is 1. The Balaban J connectivity index is 1.89. The largest absolute Gasteiger partial charge is 0.493 e. The number of halogens is 1. The van der Waals surface area contributed by atoms with Crippen LogP contribution in [0, 0.1) is 24.1 Å². The standard InChI is InChI=1S/C20H15FN2O4S/c1-12-19(14-4-6-15(21)7-5-14)23(20(25)28-12)11-18(24)27-16-8-3-13(10-22)9-17(16)26-2/h3-9H,11H2,1-2H3. The lowest BCUT2D eigenvalue weighted by atomic mass is 10.1. The number of benzene rings is 2. The van der Waals surface area contributed by atoms with E-state index in [1.807, 2.05) is 6.07 Å². The Hall–Kier alpha value is -3.44. The molecule has 3 rings (SSSR count). The molecule has 1 heterocycles.